The first kappa shape index (κ1) is 28.2. The zero-order valence-electron chi connectivity index (χ0n) is 22.6. The molecular weight excluding hydrogens is 510 g/mol. The van der Waals surface area contributed by atoms with Gasteiger partial charge >= 0.3 is 12.1 Å². The lowest BCUT2D eigenvalue weighted by atomic mass is 9.99. The number of rotatable bonds is 10. The lowest BCUT2D eigenvalue weighted by Crippen LogP contribution is -2.45. The lowest BCUT2D eigenvalue weighted by molar-refractivity contribution is -0.156. The van der Waals surface area contributed by atoms with Crippen LogP contribution in [0.5, 0.6) is 0 Å². The molecule has 1 N–H and O–H groups in total. The number of carbonyl (C=O) groups excluding carboxylic acids is 3. The van der Waals surface area contributed by atoms with Crippen molar-refractivity contribution in [3.8, 4) is 22.5 Å². The standard InChI is InChI=1S/C30H31N5O5/c1-30(2,3)40-27(37)18-25(31-29(38)39-20-21-12-6-4-7-13-21)26(36)19-35-28(32-33-34-35)24-17-11-10-16-23(24)22-14-8-5-9-15-22/h4-17,25H,18-20H2,1-3H3,(H,31,38). The van der Waals surface area contributed by atoms with Crippen molar-refractivity contribution >= 4 is 17.8 Å². The minimum atomic E-state index is -1.22. The molecule has 0 bridgehead atoms. The van der Waals surface area contributed by atoms with Gasteiger partial charge in [0.1, 0.15) is 24.8 Å². The highest BCUT2D eigenvalue weighted by Crippen LogP contribution is 2.30. The number of nitrogens with zero attached hydrogens (tertiary/aromatic N) is 4. The van der Waals surface area contributed by atoms with Crippen molar-refractivity contribution in [2.45, 2.75) is 52.0 Å². The second-order valence-corrected chi connectivity index (χ2v) is 10.1. The monoisotopic (exact) mass is 541 g/mol. The van der Waals surface area contributed by atoms with Crippen LogP contribution in [0.15, 0.2) is 84.9 Å². The molecule has 40 heavy (non-hydrogen) atoms. The fourth-order valence-corrected chi connectivity index (χ4v) is 4.01. The number of alkyl carbamates (subject to hydrolysis) is 1. The minimum Gasteiger partial charge on any atom is -0.460 e. The third-order valence-electron chi connectivity index (χ3n) is 5.77. The summed E-state index contributed by atoms with van der Waals surface area (Å²) in [6.45, 7) is 4.88. The fraction of sp³-hybridized carbons (Fsp3) is 0.267. The largest absolute Gasteiger partial charge is 0.460 e. The van der Waals surface area contributed by atoms with Gasteiger partial charge in [0.2, 0.25) is 0 Å². The average molecular weight is 542 g/mol. The maximum atomic E-state index is 13.5. The number of esters is 1. The Morgan fingerprint density at radius 3 is 2.17 bits per heavy atom. The third-order valence-corrected chi connectivity index (χ3v) is 5.77. The van der Waals surface area contributed by atoms with Crippen LogP contribution in [-0.4, -0.2) is 49.7 Å². The number of ether oxygens (including phenoxy) is 2. The molecule has 3 aromatic carbocycles. The number of Topliss-reactive ketones (excluding diaryl/α,β-unsaturated/α-hetero) is 1. The molecule has 1 unspecified atom stereocenters. The van der Waals surface area contributed by atoms with Crippen molar-refractivity contribution in [2.24, 2.45) is 0 Å². The van der Waals surface area contributed by atoms with E-state index in [2.05, 4.69) is 20.8 Å². The van der Waals surface area contributed by atoms with Crippen LogP contribution in [0.25, 0.3) is 22.5 Å². The predicted octanol–water partition coefficient (Wildman–Crippen LogP) is 4.60. The van der Waals surface area contributed by atoms with E-state index in [0.717, 1.165) is 22.3 Å². The van der Waals surface area contributed by atoms with Crippen LogP contribution in [0.3, 0.4) is 0 Å². The first-order valence-corrected chi connectivity index (χ1v) is 12.8. The molecule has 0 fully saturated rings. The van der Waals surface area contributed by atoms with Crippen molar-refractivity contribution in [3.05, 3.63) is 90.5 Å². The van der Waals surface area contributed by atoms with Gasteiger partial charge in [0, 0.05) is 5.56 Å². The van der Waals surface area contributed by atoms with Crippen molar-refractivity contribution in [1.82, 2.24) is 25.5 Å². The smallest absolute Gasteiger partial charge is 0.408 e. The summed E-state index contributed by atoms with van der Waals surface area (Å²) >= 11 is 0. The number of tetrazole rings is 1. The molecule has 0 saturated heterocycles. The van der Waals surface area contributed by atoms with Gasteiger partial charge in [0.15, 0.2) is 11.6 Å². The summed E-state index contributed by atoms with van der Waals surface area (Å²) in [5.74, 6) is -0.760. The second-order valence-electron chi connectivity index (χ2n) is 10.1. The Hall–Kier alpha value is -4.86. The Bertz CT molecular complexity index is 1450. The zero-order chi connectivity index (χ0) is 28.5. The molecule has 0 aliphatic heterocycles. The van der Waals surface area contributed by atoms with E-state index in [1.165, 1.54) is 4.68 Å². The molecule has 1 atom stereocenters. The number of aromatic nitrogens is 4. The highest BCUT2D eigenvalue weighted by molar-refractivity contribution is 5.91. The number of ketones is 1. The molecule has 1 aromatic heterocycles. The summed E-state index contributed by atoms with van der Waals surface area (Å²) in [5.41, 5.74) is 2.60. The first-order chi connectivity index (χ1) is 19.2. The number of benzene rings is 3. The Morgan fingerprint density at radius 2 is 1.50 bits per heavy atom. The predicted molar refractivity (Wildman–Crippen MR) is 148 cm³/mol. The number of hydrogen-bond acceptors (Lipinski definition) is 8. The molecule has 0 radical (unpaired) electrons. The van der Waals surface area contributed by atoms with Crippen molar-refractivity contribution in [2.75, 3.05) is 0 Å². The van der Waals surface area contributed by atoms with E-state index in [1.54, 1.807) is 20.8 Å². The van der Waals surface area contributed by atoms with E-state index >= 15 is 0 Å². The molecule has 0 saturated carbocycles. The fourth-order valence-electron chi connectivity index (χ4n) is 4.01. The van der Waals surface area contributed by atoms with Crippen LogP contribution in [0.4, 0.5) is 4.79 Å². The molecule has 1 heterocycles. The van der Waals surface area contributed by atoms with E-state index in [4.69, 9.17) is 9.47 Å². The van der Waals surface area contributed by atoms with Crippen molar-refractivity contribution < 1.29 is 23.9 Å². The summed E-state index contributed by atoms with van der Waals surface area (Å²) in [6, 6.07) is 25.2. The normalized spacial score (nSPS) is 11.9. The third kappa shape index (κ3) is 7.83. The second kappa shape index (κ2) is 12.8. The van der Waals surface area contributed by atoms with E-state index in [0.29, 0.717) is 5.82 Å². The van der Waals surface area contributed by atoms with Gasteiger partial charge in [0.05, 0.1) is 6.42 Å². The first-order valence-electron chi connectivity index (χ1n) is 12.8. The SMILES string of the molecule is CC(C)(C)OC(=O)CC(NC(=O)OCc1ccccc1)C(=O)Cn1nnnc1-c1ccccc1-c1ccccc1. The Kier molecular flexibility index (Phi) is 9.00. The van der Waals surface area contributed by atoms with E-state index in [-0.39, 0.29) is 19.6 Å². The van der Waals surface area contributed by atoms with Gasteiger partial charge in [-0.25, -0.2) is 9.48 Å². The van der Waals surface area contributed by atoms with Gasteiger partial charge in [-0.1, -0.05) is 84.9 Å². The van der Waals surface area contributed by atoms with E-state index < -0.39 is 29.5 Å². The highest BCUT2D eigenvalue weighted by Gasteiger charge is 2.29. The van der Waals surface area contributed by atoms with Gasteiger partial charge in [-0.05, 0) is 47.9 Å². The average Bonchev–Trinajstić information content (AvgIpc) is 3.39. The molecule has 1 amide bonds. The van der Waals surface area contributed by atoms with Crippen molar-refractivity contribution in [3.63, 3.8) is 0 Å². The Labute approximate surface area is 232 Å². The van der Waals surface area contributed by atoms with Gasteiger partial charge < -0.3 is 14.8 Å². The molecule has 0 spiro atoms. The quantitative estimate of drug-likeness (QED) is 0.289. The van der Waals surface area contributed by atoms with Crippen LogP contribution < -0.4 is 5.32 Å². The Morgan fingerprint density at radius 1 is 0.875 bits per heavy atom. The highest BCUT2D eigenvalue weighted by atomic mass is 16.6. The van der Waals surface area contributed by atoms with Gasteiger partial charge in [0.25, 0.3) is 0 Å². The zero-order valence-corrected chi connectivity index (χ0v) is 22.6. The van der Waals surface area contributed by atoms with Crippen LogP contribution in [0, 0.1) is 0 Å². The van der Waals surface area contributed by atoms with Crippen LogP contribution in [0.1, 0.15) is 32.8 Å². The summed E-state index contributed by atoms with van der Waals surface area (Å²) in [7, 11) is 0. The van der Waals surface area contributed by atoms with Crippen LogP contribution >= 0.6 is 0 Å². The number of carbonyl (C=O) groups is 3. The summed E-state index contributed by atoms with van der Waals surface area (Å²) < 4.78 is 12.0. The van der Waals surface area contributed by atoms with Crippen LogP contribution in [-0.2, 0) is 32.2 Å². The van der Waals surface area contributed by atoms with Gasteiger partial charge in [-0.2, -0.15) is 0 Å². The molecular formula is C30H31N5O5. The number of hydrogen-bond donors (Lipinski definition) is 1. The molecule has 4 aromatic rings. The molecule has 10 heteroatoms. The molecule has 0 aliphatic carbocycles. The number of amides is 1. The van der Waals surface area contributed by atoms with E-state index in [9.17, 15) is 14.4 Å². The summed E-state index contributed by atoms with van der Waals surface area (Å²) in [4.78, 5) is 38.7. The maximum Gasteiger partial charge on any atom is 0.408 e. The molecule has 206 valence electrons. The Balaban J connectivity index is 1.53. The maximum absolute atomic E-state index is 13.5. The minimum absolute atomic E-state index is 0.00738. The lowest BCUT2D eigenvalue weighted by Gasteiger charge is -2.22. The molecule has 4 rings (SSSR count). The number of nitrogens with one attached hydrogen (secondary N) is 1. The van der Waals surface area contributed by atoms with Gasteiger partial charge in [-0.3, -0.25) is 9.59 Å². The molecule has 0 aliphatic rings. The van der Waals surface area contributed by atoms with E-state index in [1.807, 2.05) is 84.9 Å². The summed E-state index contributed by atoms with van der Waals surface area (Å²) in [5, 5.41) is 14.5. The van der Waals surface area contributed by atoms with Gasteiger partial charge in [-0.15, -0.1) is 5.10 Å². The topological polar surface area (TPSA) is 125 Å². The van der Waals surface area contributed by atoms with Crippen molar-refractivity contribution in [1.29, 1.82) is 0 Å². The molecule has 10 nitrogen and oxygen atoms in total. The van der Waals surface area contributed by atoms with Crippen LogP contribution in [0.2, 0.25) is 0 Å². The summed E-state index contributed by atoms with van der Waals surface area (Å²) in [6.07, 6.45) is -1.22.